The second-order valence-corrected chi connectivity index (χ2v) is 6.33. The molecule has 0 aliphatic carbocycles. The Hall–Kier alpha value is -3.21. The van der Waals surface area contributed by atoms with Gasteiger partial charge in [0.25, 0.3) is 0 Å². The molecular weight excluding hydrogens is 338 g/mol. The lowest BCUT2D eigenvalue weighted by atomic mass is 10.1. The number of nitrogens with zero attached hydrogens (tertiary/aromatic N) is 2. The number of anilines is 2. The van der Waals surface area contributed by atoms with Crippen molar-refractivity contribution in [2.75, 3.05) is 16.8 Å². The predicted octanol–water partition coefficient (Wildman–Crippen LogP) is 4.18. The van der Waals surface area contributed by atoms with Crippen molar-refractivity contribution in [2.24, 2.45) is 0 Å². The number of benzene rings is 2. The van der Waals surface area contributed by atoms with Gasteiger partial charge in [-0.2, -0.15) is 0 Å². The second kappa shape index (κ2) is 8.45. The van der Waals surface area contributed by atoms with E-state index in [2.05, 4.69) is 17.2 Å². The van der Waals surface area contributed by atoms with Crippen molar-refractivity contribution < 1.29 is 9.59 Å². The lowest BCUT2D eigenvalue weighted by Crippen LogP contribution is -2.32. The van der Waals surface area contributed by atoms with Crippen LogP contribution in [0.1, 0.15) is 25.8 Å². The Balaban J connectivity index is 1.72. The van der Waals surface area contributed by atoms with Crippen molar-refractivity contribution in [3.8, 4) is 0 Å². The van der Waals surface area contributed by atoms with Crippen LogP contribution in [0.2, 0.25) is 0 Å². The Kier molecular flexibility index (Phi) is 5.81. The predicted molar refractivity (Wildman–Crippen MR) is 109 cm³/mol. The fraction of sp³-hybridized carbons (Fsp3) is 0.227. The van der Waals surface area contributed by atoms with E-state index in [9.17, 15) is 9.59 Å². The number of fused-ring (bicyclic) bond motifs is 1. The molecule has 3 rings (SSSR count). The molecule has 0 aliphatic rings. The highest BCUT2D eigenvalue weighted by Gasteiger charge is 2.16. The maximum absolute atomic E-state index is 12.5. The first-order chi connectivity index (χ1) is 13.1. The van der Waals surface area contributed by atoms with E-state index in [0.717, 1.165) is 28.6 Å². The third kappa shape index (κ3) is 4.31. The van der Waals surface area contributed by atoms with Crippen LogP contribution in [0.25, 0.3) is 10.9 Å². The molecule has 0 bridgehead atoms. The summed E-state index contributed by atoms with van der Waals surface area (Å²) < 4.78 is 0. The molecule has 27 heavy (non-hydrogen) atoms. The molecule has 5 nitrogen and oxygen atoms in total. The summed E-state index contributed by atoms with van der Waals surface area (Å²) in [5.74, 6) is -0.219. The average Bonchev–Trinajstić information content (AvgIpc) is 2.68. The third-order valence-corrected chi connectivity index (χ3v) is 4.51. The molecule has 0 spiro atoms. The van der Waals surface area contributed by atoms with Crippen molar-refractivity contribution in [2.45, 2.75) is 26.7 Å². The first kappa shape index (κ1) is 18.6. The summed E-state index contributed by atoms with van der Waals surface area (Å²) in [7, 11) is 0. The summed E-state index contributed by atoms with van der Waals surface area (Å²) >= 11 is 0. The maximum atomic E-state index is 12.5. The van der Waals surface area contributed by atoms with E-state index in [1.54, 1.807) is 11.1 Å². The number of nitrogens with one attached hydrogen (secondary N) is 1. The number of hydrogen-bond donors (Lipinski definition) is 1. The number of rotatable bonds is 6. The van der Waals surface area contributed by atoms with Gasteiger partial charge in [0.1, 0.15) is 0 Å². The Morgan fingerprint density at radius 2 is 1.81 bits per heavy atom. The van der Waals surface area contributed by atoms with E-state index in [-0.39, 0.29) is 18.2 Å². The highest BCUT2D eigenvalue weighted by Crippen LogP contribution is 2.23. The third-order valence-electron chi connectivity index (χ3n) is 4.51. The molecule has 0 radical (unpaired) electrons. The number of pyridine rings is 1. The van der Waals surface area contributed by atoms with Gasteiger partial charge in [0, 0.05) is 37.2 Å². The standard InChI is InChI=1S/C22H23N3O2/c1-3-17-8-4-5-12-20(17)25(16(2)26)15-13-21(27)24-19-11-6-9-18-10-7-14-23-22(18)19/h4-12,14H,3,13,15H2,1-2H3,(H,24,27). The van der Waals surface area contributed by atoms with Gasteiger partial charge in [-0.15, -0.1) is 0 Å². The number of amides is 2. The highest BCUT2D eigenvalue weighted by atomic mass is 16.2. The molecular formula is C22H23N3O2. The zero-order valence-corrected chi connectivity index (χ0v) is 15.6. The van der Waals surface area contributed by atoms with Gasteiger partial charge in [0.2, 0.25) is 11.8 Å². The highest BCUT2D eigenvalue weighted by molar-refractivity contribution is 6.01. The molecule has 1 heterocycles. The normalized spacial score (nSPS) is 10.6. The summed E-state index contributed by atoms with van der Waals surface area (Å²) in [6.07, 6.45) is 2.74. The van der Waals surface area contributed by atoms with Gasteiger partial charge in [-0.1, -0.05) is 43.3 Å². The first-order valence-corrected chi connectivity index (χ1v) is 9.09. The first-order valence-electron chi connectivity index (χ1n) is 9.09. The zero-order valence-electron chi connectivity index (χ0n) is 15.6. The van der Waals surface area contributed by atoms with E-state index < -0.39 is 0 Å². The van der Waals surface area contributed by atoms with E-state index in [1.165, 1.54) is 6.92 Å². The average molecular weight is 361 g/mol. The van der Waals surface area contributed by atoms with Crippen LogP contribution in [0, 0.1) is 0 Å². The van der Waals surface area contributed by atoms with Gasteiger partial charge in [-0.3, -0.25) is 14.6 Å². The molecule has 0 aliphatic heterocycles. The van der Waals surface area contributed by atoms with E-state index >= 15 is 0 Å². The lowest BCUT2D eigenvalue weighted by molar-refractivity contribution is -0.117. The zero-order chi connectivity index (χ0) is 19.2. The molecule has 2 amide bonds. The van der Waals surface area contributed by atoms with E-state index in [4.69, 9.17) is 0 Å². The summed E-state index contributed by atoms with van der Waals surface area (Å²) in [6, 6.07) is 17.3. The minimum absolute atomic E-state index is 0.0736. The van der Waals surface area contributed by atoms with Crippen molar-refractivity contribution in [3.05, 3.63) is 66.4 Å². The molecule has 2 aromatic carbocycles. The quantitative estimate of drug-likeness (QED) is 0.716. The van der Waals surface area contributed by atoms with Crippen LogP contribution in [0.5, 0.6) is 0 Å². The van der Waals surface area contributed by atoms with Gasteiger partial charge in [0.15, 0.2) is 0 Å². The fourth-order valence-corrected chi connectivity index (χ4v) is 3.15. The second-order valence-electron chi connectivity index (χ2n) is 6.33. The molecule has 5 heteroatoms. The van der Waals surface area contributed by atoms with Gasteiger partial charge in [-0.05, 0) is 30.2 Å². The molecule has 3 aromatic rings. The number of hydrogen-bond acceptors (Lipinski definition) is 3. The molecule has 0 atom stereocenters. The van der Waals surface area contributed by atoms with Crippen LogP contribution in [0.3, 0.4) is 0 Å². The molecule has 1 aromatic heterocycles. The maximum Gasteiger partial charge on any atom is 0.226 e. The smallest absolute Gasteiger partial charge is 0.226 e. The molecule has 0 fully saturated rings. The molecule has 1 N–H and O–H groups in total. The van der Waals surface area contributed by atoms with Crippen LogP contribution in [0.15, 0.2) is 60.8 Å². The van der Waals surface area contributed by atoms with E-state index in [0.29, 0.717) is 12.2 Å². The number of aromatic nitrogens is 1. The number of carbonyl (C=O) groups excluding carboxylic acids is 2. The topological polar surface area (TPSA) is 62.3 Å². The fourth-order valence-electron chi connectivity index (χ4n) is 3.15. The molecule has 0 saturated carbocycles. The number of para-hydroxylation sites is 2. The van der Waals surface area contributed by atoms with Gasteiger partial charge < -0.3 is 10.2 Å². The van der Waals surface area contributed by atoms with Crippen molar-refractivity contribution >= 4 is 34.1 Å². The SMILES string of the molecule is CCc1ccccc1N(CCC(=O)Nc1cccc2cccnc12)C(C)=O. The van der Waals surface area contributed by atoms with Gasteiger partial charge >= 0.3 is 0 Å². The summed E-state index contributed by atoms with van der Waals surface area (Å²) in [6.45, 7) is 3.91. The Morgan fingerprint density at radius 3 is 2.59 bits per heavy atom. The summed E-state index contributed by atoms with van der Waals surface area (Å²) in [5, 5.41) is 3.89. The molecule has 0 saturated heterocycles. The van der Waals surface area contributed by atoms with Crippen LogP contribution in [0.4, 0.5) is 11.4 Å². The Morgan fingerprint density at radius 1 is 1.04 bits per heavy atom. The number of aryl methyl sites for hydroxylation is 1. The van der Waals surface area contributed by atoms with Crippen molar-refractivity contribution in [3.63, 3.8) is 0 Å². The van der Waals surface area contributed by atoms with E-state index in [1.807, 2.05) is 54.6 Å². The Bertz CT molecular complexity index is 963. The largest absolute Gasteiger partial charge is 0.324 e. The van der Waals surface area contributed by atoms with Crippen molar-refractivity contribution in [1.82, 2.24) is 4.98 Å². The van der Waals surface area contributed by atoms with Crippen LogP contribution in [-0.4, -0.2) is 23.3 Å². The summed E-state index contributed by atoms with van der Waals surface area (Å²) in [5.41, 5.74) is 3.40. The molecule has 0 unspecified atom stereocenters. The lowest BCUT2D eigenvalue weighted by Gasteiger charge is -2.23. The Labute approximate surface area is 159 Å². The number of carbonyl (C=O) groups is 2. The van der Waals surface area contributed by atoms with Crippen molar-refractivity contribution in [1.29, 1.82) is 0 Å². The minimum Gasteiger partial charge on any atom is -0.324 e. The van der Waals surface area contributed by atoms with Crippen LogP contribution < -0.4 is 10.2 Å². The van der Waals surface area contributed by atoms with Crippen LogP contribution >= 0.6 is 0 Å². The minimum atomic E-state index is -0.145. The van der Waals surface area contributed by atoms with Crippen LogP contribution in [-0.2, 0) is 16.0 Å². The van der Waals surface area contributed by atoms with Gasteiger partial charge in [-0.25, -0.2) is 0 Å². The summed E-state index contributed by atoms with van der Waals surface area (Å²) in [4.78, 5) is 30.6. The monoisotopic (exact) mass is 361 g/mol. The van der Waals surface area contributed by atoms with Gasteiger partial charge in [0.05, 0.1) is 11.2 Å². The molecule has 138 valence electrons.